The predicted octanol–water partition coefficient (Wildman–Crippen LogP) is 2.93. The van der Waals surface area contributed by atoms with Gasteiger partial charge in [-0.1, -0.05) is 17.7 Å². The van der Waals surface area contributed by atoms with E-state index in [4.69, 9.17) is 21.1 Å². The zero-order valence-corrected chi connectivity index (χ0v) is 16.6. The average molecular weight is 423 g/mol. The Morgan fingerprint density at radius 1 is 1.11 bits per heavy atom. The molecule has 0 aromatic heterocycles. The Labute approximate surface area is 168 Å². The maximum atomic E-state index is 12.6. The van der Waals surface area contributed by atoms with E-state index in [2.05, 4.69) is 5.32 Å². The van der Waals surface area contributed by atoms with Crippen LogP contribution in [0.3, 0.4) is 0 Å². The zero-order valence-electron chi connectivity index (χ0n) is 15.0. The lowest BCUT2D eigenvalue weighted by Crippen LogP contribution is -2.38. The first kappa shape index (κ1) is 18.9. The van der Waals surface area contributed by atoms with Crippen molar-refractivity contribution in [3.8, 4) is 11.5 Å². The monoisotopic (exact) mass is 422 g/mol. The molecule has 1 fully saturated rings. The van der Waals surface area contributed by atoms with Gasteiger partial charge in [-0.3, -0.25) is 9.10 Å². The number of ether oxygens (including phenoxy) is 2. The van der Waals surface area contributed by atoms with Crippen LogP contribution in [0.25, 0.3) is 0 Å². The highest BCUT2D eigenvalue weighted by Crippen LogP contribution is 2.33. The quantitative estimate of drug-likeness (QED) is 0.818. The van der Waals surface area contributed by atoms with Crippen LogP contribution in [0.15, 0.2) is 36.4 Å². The lowest BCUT2D eigenvalue weighted by molar-refractivity contribution is 0.0951. The molecule has 0 bridgehead atoms. The van der Waals surface area contributed by atoms with Gasteiger partial charge < -0.3 is 14.8 Å². The predicted molar refractivity (Wildman–Crippen MR) is 106 cm³/mol. The summed E-state index contributed by atoms with van der Waals surface area (Å²) in [5, 5.41) is 3.13. The zero-order chi connectivity index (χ0) is 19.7. The largest absolute Gasteiger partial charge is 0.454 e. The summed E-state index contributed by atoms with van der Waals surface area (Å²) < 4.78 is 36.6. The Balaban J connectivity index is 1.50. The van der Waals surface area contributed by atoms with Crippen molar-refractivity contribution in [3.63, 3.8) is 0 Å². The van der Waals surface area contributed by atoms with Gasteiger partial charge in [0.25, 0.3) is 5.91 Å². The lowest BCUT2D eigenvalue weighted by Gasteiger charge is -2.29. The van der Waals surface area contributed by atoms with Crippen LogP contribution in [0.5, 0.6) is 11.5 Å². The van der Waals surface area contributed by atoms with Crippen LogP contribution >= 0.6 is 11.6 Å². The second-order valence-corrected chi connectivity index (χ2v) is 9.05. The van der Waals surface area contributed by atoms with E-state index in [0.29, 0.717) is 47.3 Å². The van der Waals surface area contributed by atoms with Gasteiger partial charge in [0.15, 0.2) is 11.5 Å². The van der Waals surface area contributed by atoms with Crippen molar-refractivity contribution in [2.75, 3.05) is 23.4 Å². The number of nitrogens with one attached hydrogen (secondary N) is 1. The van der Waals surface area contributed by atoms with Crippen LogP contribution in [-0.4, -0.2) is 33.4 Å². The van der Waals surface area contributed by atoms with E-state index in [-0.39, 0.29) is 18.5 Å². The molecule has 2 aliphatic heterocycles. The van der Waals surface area contributed by atoms with Crippen LogP contribution in [0.1, 0.15) is 28.8 Å². The minimum atomic E-state index is -3.41. The molecule has 0 spiro atoms. The number of benzene rings is 2. The maximum Gasteiger partial charge on any atom is 0.251 e. The number of sulfonamides is 1. The molecule has 148 valence electrons. The van der Waals surface area contributed by atoms with Crippen LogP contribution in [0.4, 0.5) is 5.69 Å². The number of amides is 1. The number of fused-ring (bicyclic) bond motifs is 1. The summed E-state index contributed by atoms with van der Waals surface area (Å²) in [5.41, 5.74) is 1.56. The molecule has 2 aromatic rings. The fourth-order valence-electron chi connectivity index (χ4n) is 3.24. The molecule has 9 heteroatoms. The number of carbonyl (C=O) groups is 1. The molecule has 2 aliphatic rings. The van der Waals surface area contributed by atoms with Crippen molar-refractivity contribution in [1.82, 2.24) is 5.32 Å². The molecule has 1 saturated heterocycles. The van der Waals surface area contributed by atoms with Crippen LogP contribution in [0, 0.1) is 0 Å². The number of hydrogen-bond donors (Lipinski definition) is 1. The van der Waals surface area contributed by atoms with Crippen molar-refractivity contribution < 1.29 is 22.7 Å². The molecule has 4 rings (SSSR count). The summed E-state index contributed by atoms with van der Waals surface area (Å²) in [5.74, 6) is 1.10. The fraction of sp³-hybridized carbons (Fsp3) is 0.316. The van der Waals surface area contributed by atoms with Crippen molar-refractivity contribution in [3.05, 3.63) is 52.5 Å². The molecule has 0 atom stereocenters. The number of hydrogen-bond acceptors (Lipinski definition) is 5. The third-order valence-corrected chi connectivity index (χ3v) is 6.89. The summed E-state index contributed by atoms with van der Waals surface area (Å²) >= 11 is 6.23. The second kappa shape index (κ2) is 7.52. The van der Waals surface area contributed by atoms with E-state index in [1.807, 2.05) is 12.1 Å². The molecule has 1 amide bonds. The number of halogens is 1. The van der Waals surface area contributed by atoms with E-state index >= 15 is 0 Å². The van der Waals surface area contributed by atoms with Crippen LogP contribution < -0.4 is 19.1 Å². The van der Waals surface area contributed by atoms with Crippen LogP contribution in [-0.2, 0) is 16.6 Å². The summed E-state index contributed by atoms with van der Waals surface area (Å²) in [4.78, 5) is 12.6. The van der Waals surface area contributed by atoms with E-state index < -0.39 is 10.0 Å². The fourth-order valence-corrected chi connectivity index (χ4v) is 5.16. The topological polar surface area (TPSA) is 84.9 Å². The average Bonchev–Trinajstić information content (AvgIpc) is 3.14. The van der Waals surface area contributed by atoms with Gasteiger partial charge in [-0.25, -0.2) is 8.42 Å². The smallest absolute Gasteiger partial charge is 0.251 e. The normalized spacial score (nSPS) is 17.4. The van der Waals surface area contributed by atoms with Gasteiger partial charge in [-0.05, 0) is 48.7 Å². The molecular weight excluding hydrogens is 404 g/mol. The molecular formula is C19H19ClN2O5S. The van der Waals surface area contributed by atoms with Gasteiger partial charge in [-0.2, -0.15) is 0 Å². The van der Waals surface area contributed by atoms with Gasteiger partial charge in [0, 0.05) is 18.7 Å². The Morgan fingerprint density at radius 3 is 2.75 bits per heavy atom. The summed E-state index contributed by atoms with van der Waals surface area (Å²) in [6.45, 7) is 0.859. The molecule has 1 N–H and O–H groups in total. The molecule has 0 saturated carbocycles. The van der Waals surface area contributed by atoms with Crippen molar-refractivity contribution >= 4 is 33.2 Å². The van der Waals surface area contributed by atoms with Crippen LogP contribution in [0.2, 0.25) is 5.02 Å². The third-order valence-electron chi connectivity index (χ3n) is 4.72. The first-order valence-electron chi connectivity index (χ1n) is 8.91. The number of rotatable bonds is 4. The Morgan fingerprint density at radius 2 is 1.93 bits per heavy atom. The van der Waals surface area contributed by atoms with E-state index in [0.717, 1.165) is 12.0 Å². The molecule has 2 heterocycles. The molecule has 7 nitrogen and oxygen atoms in total. The van der Waals surface area contributed by atoms with E-state index in [9.17, 15) is 13.2 Å². The summed E-state index contributed by atoms with van der Waals surface area (Å²) in [6, 6.07) is 10.1. The number of nitrogens with zero attached hydrogens (tertiary/aromatic N) is 1. The number of anilines is 1. The molecule has 0 radical (unpaired) electrons. The standard InChI is InChI=1S/C19H19ClN2O5S/c20-15-5-4-14(10-16(15)22-7-1-2-8-28(22,24)25)19(23)21-11-13-3-6-17-18(9-13)27-12-26-17/h3-6,9-10H,1-2,7-8,11-12H2,(H,21,23). The van der Waals surface area contributed by atoms with E-state index in [1.165, 1.54) is 10.4 Å². The Bertz CT molecular complexity index is 1020. The first-order chi connectivity index (χ1) is 13.4. The number of carbonyl (C=O) groups excluding carboxylic acids is 1. The lowest BCUT2D eigenvalue weighted by atomic mass is 10.1. The minimum absolute atomic E-state index is 0.0872. The van der Waals surface area contributed by atoms with Gasteiger partial charge in [0.2, 0.25) is 16.8 Å². The maximum absolute atomic E-state index is 12.6. The first-order valence-corrected chi connectivity index (χ1v) is 10.9. The molecule has 28 heavy (non-hydrogen) atoms. The highest BCUT2D eigenvalue weighted by atomic mass is 35.5. The molecule has 2 aromatic carbocycles. The molecule has 0 aliphatic carbocycles. The Hall–Kier alpha value is -2.45. The highest BCUT2D eigenvalue weighted by molar-refractivity contribution is 7.92. The van der Waals surface area contributed by atoms with Crippen molar-refractivity contribution in [1.29, 1.82) is 0 Å². The molecule has 0 unspecified atom stereocenters. The van der Waals surface area contributed by atoms with Gasteiger partial charge in [0.1, 0.15) is 0 Å². The SMILES string of the molecule is O=C(NCc1ccc2c(c1)OCO2)c1ccc(Cl)c(N2CCCCS2(=O)=O)c1. The third kappa shape index (κ3) is 3.74. The highest BCUT2D eigenvalue weighted by Gasteiger charge is 2.28. The Kier molecular flexibility index (Phi) is 5.07. The minimum Gasteiger partial charge on any atom is -0.454 e. The van der Waals surface area contributed by atoms with Gasteiger partial charge in [0.05, 0.1) is 16.5 Å². The summed E-state index contributed by atoms with van der Waals surface area (Å²) in [7, 11) is -3.41. The van der Waals surface area contributed by atoms with Gasteiger partial charge in [-0.15, -0.1) is 0 Å². The van der Waals surface area contributed by atoms with E-state index in [1.54, 1.807) is 18.2 Å². The second-order valence-electron chi connectivity index (χ2n) is 6.63. The van der Waals surface area contributed by atoms with Gasteiger partial charge >= 0.3 is 0 Å². The van der Waals surface area contributed by atoms with Crippen molar-refractivity contribution in [2.24, 2.45) is 0 Å². The summed E-state index contributed by atoms with van der Waals surface area (Å²) in [6.07, 6.45) is 1.39. The van der Waals surface area contributed by atoms with Crippen molar-refractivity contribution in [2.45, 2.75) is 19.4 Å².